The molecule has 2 rings (SSSR count). The molecule has 1 N–H and O–H groups in total. The highest BCUT2D eigenvalue weighted by atomic mass is 16.3. The summed E-state index contributed by atoms with van der Waals surface area (Å²) in [5, 5.41) is 10.5. The summed E-state index contributed by atoms with van der Waals surface area (Å²) in [7, 11) is 0. The molecular formula is C17H24O2. The van der Waals surface area contributed by atoms with Crippen molar-refractivity contribution in [3.05, 3.63) is 35.4 Å². The van der Waals surface area contributed by atoms with E-state index >= 15 is 0 Å². The number of hydrogen-bond donors (Lipinski definition) is 1. The molecule has 0 unspecified atom stereocenters. The summed E-state index contributed by atoms with van der Waals surface area (Å²) in [6, 6.07) is 8.50. The quantitative estimate of drug-likeness (QED) is 0.885. The van der Waals surface area contributed by atoms with Gasteiger partial charge in [0.15, 0.2) is 0 Å². The van der Waals surface area contributed by atoms with Gasteiger partial charge in [-0.2, -0.15) is 0 Å². The van der Waals surface area contributed by atoms with Crippen LogP contribution in [0, 0.1) is 0 Å². The number of aliphatic hydroxyl groups is 1. The largest absolute Gasteiger partial charge is 0.390 e. The van der Waals surface area contributed by atoms with E-state index in [-0.39, 0.29) is 11.2 Å². The second-order valence-corrected chi connectivity index (χ2v) is 6.89. The van der Waals surface area contributed by atoms with Crippen LogP contribution >= 0.6 is 0 Å². The fraction of sp³-hybridized carbons (Fsp3) is 0.588. The van der Waals surface area contributed by atoms with Gasteiger partial charge in [-0.3, -0.25) is 4.79 Å². The molecule has 0 radical (unpaired) electrons. The maximum atomic E-state index is 11.2. The summed E-state index contributed by atoms with van der Waals surface area (Å²) in [5.41, 5.74) is 1.94. The van der Waals surface area contributed by atoms with Crippen LogP contribution in [0.5, 0.6) is 0 Å². The third-order valence-corrected chi connectivity index (χ3v) is 4.09. The Morgan fingerprint density at radius 1 is 1.11 bits per heavy atom. The third kappa shape index (κ3) is 3.66. The lowest BCUT2D eigenvalue weighted by Crippen LogP contribution is -2.36. The van der Waals surface area contributed by atoms with Crippen LogP contribution in [-0.4, -0.2) is 16.5 Å². The van der Waals surface area contributed by atoms with E-state index in [4.69, 9.17) is 0 Å². The predicted molar refractivity (Wildman–Crippen MR) is 77.3 cm³/mol. The molecule has 0 spiro atoms. The maximum absolute atomic E-state index is 11.2. The van der Waals surface area contributed by atoms with E-state index in [1.807, 2.05) is 0 Å². The molecule has 1 saturated carbocycles. The predicted octanol–water partition coefficient (Wildman–Crippen LogP) is 3.40. The Morgan fingerprint density at radius 2 is 1.63 bits per heavy atom. The van der Waals surface area contributed by atoms with Gasteiger partial charge in [-0.25, -0.2) is 0 Å². The van der Waals surface area contributed by atoms with E-state index in [9.17, 15) is 9.90 Å². The molecule has 1 fully saturated rings. The molecule has 1 aromatic rings. The summed E-state index contributed by atoms with van der Waals surface area (Å²) >= 11 is 0. The highest BCUT2D eigenvalue weighted by Gasteiger charge is 2.32. The van der Waals surface area contributed by atoms with E-state index < -0.39 is 5.60 Å². The van der Waals surface area contributed by atoms with Crippen LogP contribution in [0.2, 0.25) is 0 Å². The summed E-state index contributed by atoms with van der Waals surface area (Å²) in [5.74, 6) is 0.285. The smallest absolute Gasteiger partial charge is 0.133 e. The fourth-order valence-electron chi connectivity index (χ4n) is 2.67. The Morgan fingerprint density at radius 3 is 2.11 bits per heavy atom. The number of Topliss-reactive ketones (excluding diaryl/α,β-unsaturated/α-hetero) is 1. The number of carbonyl (C=O) groups is 1. The first-order chi connectivity index (χ1) is 8.78. The number of ketones is 1. The van der Waals surface area contributed by atoms with Crippen LogP contribution in [-0.2, 0) is 16.6 Å². The van der Waals surface area contributed by atoms with Crippen molar-refractivity contribution < 1.29 is 9.90 Å². The molecule has 0 amide bonds. The minimum atomic E-state index is -0.683. The standard InChI is InChI=1S/C17H24O2/c1-16(2,3)14-6-4-13(5-7-14)12-17(19)10-8-15(18)9-11-17/h4-7,19H,8-12H2,1-3H3. The molecule has 0 bridgehead atoms. The van der Waals surface area contributed by atoms with Crippen molar-refractivity contribution in [3.8, 4) is 0 Å². The molecule has 1 aliphatic carbocycles. The number of hydrogen-bond acceptors (Lipinski definition) is 2. The van der Waals surface area contributed by atoms with Gasteiger partial charge in [-0.1, -0.05) is 45.0 Å². The minimum Gasteiger partial charge on any atom is -0.390 e. The molecule has 19 heavy (non-hydrogen) atoms. The molecule has 2 nitrogen and oxygen atoms in total. The summed E-state index contributed by atoms with van der Waals surface area (Å²) in [6.07, 6.45) is 2.91. The zero-order valence-electron chi connectivity index (χ0n) is 12.2. The topological polar surface area (TPSA) is 37.3 Å². The molecule has 1 aromatic carbocycles. The van der Waals surface area contributed by atoms with Crippen molar-refractivity contribution in [3.63, 3.8) is 0 Å². The Kier molecular flexibility index (Phi) is 3.82. The van der Waals surface area contributed by atoms with Crippen molar-refractivity contribution in [2.75, 3.05) is 0 Å². The molecule has 2 heteroatoms. The van der Waals surface area contributed by atoms with Gasteiger partial charge in [0.1, 0.15) is 5.78 Å². The van der Waals surface area contributed by atoms with E-state index in [1.165, 1.54) is 5.56 Å². The molecule has 0 aliphatic heterocycles. The zero-order chi connectivity index (χ0) is 14.1. The van der Waals surface area contributed by atoms with E-state index in [2.05, 4.69) is 45.0 Å². The van der Waals surface area contributed by atoms with Crippen molar-refractivity contribution in [1.29, 1.82) is 0 Å². The average Bonchev–Trinajstić information content (AvgIpc) is 2.33. The monoisotopic (exact) mass is 260 g/mol. The van der Waals surface area contributed by atoms with Crippen LogP contribution in [0.25, 0.3) is 0 Å². The lowest BCUT2D eigenvalue weighted by Gasteiger charge is -2.31. The molecule has 104 valence electrons. The molecule has 0 saturated heterocycles. The zero-order valence-corrected chi connectivity index (χ0v) is 12.2. The molecule has 0 aromatic heterocycles. The number of carbonyl (C=O) groups excluding carboxylic acids is 1. The minimum absolute atomic E-state index is 0.159. The Labute approximate surface area is 115 Å². The lowest BCUT2D eigenvalue weighted by molar-refractivity contribution is -0.125. The van der Waals surface area contributed by atoms with Gasteiger partial charge in [0.25, 0.3) is 0 Å². The van der Waals surface area contributed by atoms with Crippen LogP contribution in [0.1, 0.15) is 57.6 Å². The van der Waals surface area contributed by atoms with Gasteiger partial charge in [0.05, 0.1) is 5.60 Å². The van der Waals surface area contributed by atoms with Crippen LogP contribution in [0.15, 0.2) is 24.3 Å². The van der Waals surface area contributed by atoms with Crippen LogP contribution < -0.4 is 0 Å². The Hall–Kier alpha value is -1.15. The first-order valence-corrected chi connectivity index (χ1v) is 7.12. The van der Waals surface area contributed by atoms with Gasteiger partial charge >= 0.3 is 0 Å². The molecule has 1 aliphatic rings. The highest BCUT2D eigenvalue weighted by Crippen LogP contribution is 2.30. The van der Waals surface area contributed by atoms with Crippen LogP contribution in [0.3, 0.4) is 0 Å². The normalized spacial score (nSPS) is 19.5. The number of rotatable bonds is 2. The molecule has 0 heterocycles. The van der Waals surface area contributed by atoms with E-state index in [0.29, 0.717) is 32.1 Å². The lowest BCUT2D eigenvalue weighted by atomic mass is 9.79. The first kappa shape index (κ1) is 14.3. The second-order valence-electron chi connectivity index (χ2n) is 6.89. The fourth-order valence-corrected chi connectivity index (χ4v) is 2.67. The van der Waals surface area contributed by atoms with Gasteiger partial charge in [-0.15, -0.1) is 0 Å². The molecule has 0 atom stereocenters. The van der Waals surface area contributed by atoms with Crippen molar-refractivity contribution in [2.45, 2.75) is 63.9 Å². The summed E-state index contributed by atoms with van der Waals surface area (Å²) in [6.45, 7) is 6.59. The SMILES string of the molecule is CC(C)(C)c1ccc(CC2(O)CCC(=O)CC2)cc1. The summed E-state index contributed by atoms with van der Waals surface area (Å²) < 4.78 is 0. The van der Waals surface area contributed by atoms with Gasteiger partial charge in [-0.05, 0) is 29.4 Å². The summed E-state index contributed by atoms with van der Waals surface area (Å²) in [4.78, 5) is 11.2. The van der Waals surface area contributed by atoms with Crippen molar-refractivity contribution in [2.24, 2.45) is 0 Å². The van der Waals surface area contributed by atoms with Crippen molar-refractivity contribution in [1.82, 2.24) is 0 Å². The Bertz CT molecular complexity index is 441. The second kappa shape index (κ2) is 5.09. The third-order valence-electron chi connectivity index (χ3n) is 4.09. The maximum Gasteiger partial charge on any atom is 0.133 e. The Balaban J connectivity index is 2.05. The number of benzene rings is 1. The average molecular weight is 260 g/mol. The molecular weight excluding hydrogens is 236 g/mol. The van der Waals surface area contributed by atoms with E-state index in [0.717, 1.165) is 5.56 Å². The van der Waals surface area contributed by atoms with Gasteiger partial charge in [0, 0.05) is 19.3 Å². The van der Waals surface area contributed by atoms with Gasteiger partial charge < -0.3 is 5.11 Å². The van der Waals surface area contributed by atoms with E-state index in [1.54, 1.807) is 0 Å². The van der Waals surface area contributed by atoms with Gasteiger partial charge in [0.2, 0.25) is 0 Å². The van der Waals surface area contributed by atoms with Crippen LogP contribution in [0.4, 0.5) is 0 Å². The van der Waals surface area contributed by atoms with Crippen molar-refractivity contribution >= 4 is 5.78 Å². The first-order valence-electron chi connectivity index (χ1n) is 7.12. The highest BCUT2D eigenvalue weighted by molar-refractivity contribution is 5.79.